The number of hydrogen-bond acceptors (Lipinski definition) is 5. The lowest BCUT2D eigenvalue weighted by atomic mass is 10.3. The number of urea groups is 1. The second-order valence-corrected chi connectivity index (χ2v) is 7.32. The highest BCUT2D eigenvalue weighted by molar-refractivity contribution is 7.98. The molecule has 3 amide bonds. The highest BCUT2D eigenvalue weighted by Crippen LogP contribution is 2.28. The van der Waals surface area contributed by atoms with Crippen LogP contribution >= 0.6 is 23.1 Å². The number of thiazole rings is 1. The third-order valence-electron chi connectivity index (χ3n) is 3.54. The molecule has 8 heteroatoms. The van der Waals surface area contributed by atoms with Gasteiger partial charge in [0.15, 0.2) is 5.13 Å². The van der Waals surface area contributed by atoms with Crippen molar-refractivity contribution in [3.05, 3.63) is 42.5 Å². The standard InChI is InChI=1S/C18H18N4O2S2/c1-3-16(23)22-18-21-14-10-12(7-8-15(14)26-18)20-17(24)19-11-5-4-6-13(9-11)25-2/h4-10H,3H2,1-2H3,(H2,19,20,24)(H,21,22,23). The molecule has 2 aromatic carbocycles. The van der Waals surface area contributed by atoms with Crippen molar-refractivity contribution in [2.24, 2.45) is 0 Å². The maximum Gasteiger partial charge on any atom is 0.323 e. The van der Waals surface area contributed by atoms with Gasteiger partial charge in [0, 0.05) is 22.7 Å². The second kappa shape index (κ2) is 8.20. The summed E-state index contributed by atoms with van der Waals surface area (Å²) >= 11 is 3.02. The quantitative estimate of drug-likeness (QED) is 0.538. The lowest BCUT2D eigenvalue weighted by Crippen LogP contribution is -2.19. The number of fused-ring (bicyclic) bond motifs is 1. The number of carbonyl (C=O) groups excluding carboxylic acids is 2. The number of carbonyl (C=O) groups is 2. The zero-order valence-electron chi connectivity index (χ0n) is 14.3. The van der Waals surface area contributed by atoms with Crippen molar-refractivity contribution in [3.63, 3.8) is 0 Å². The van der Waals surface area contributed by atoms with Crippen molar-refractivity contribution < 1.29 is 9.59 Å². The monoisotopic (exact) mass is 386 g/mol. The summed E-state index contributed by atoms with van der Waals surface area (Å²) in [6, 6.07) is 12.8. The largest absolute Gasteiger partial charge is 0.323 e. The minimum absolute atomic E-state index is 0.0748. The molecular weight excluding hydrogens is 368 g/mol. The van der Waals surface area contributed by atoms with E-state index in [9.17, 15) is 9.59 Å². The predicted octanol–water partition coefficient (Wildman–Crippen LogP) is 5.01. The maximum atomic E-state index is 12.2. The first-order valence-electron chi connectivity index (χ1n) is 8.00. The second-order valence-electron chi connectivity index (χ2n) is 5.41. The molecule has 0 bridgehead atoms. The summed E-state index contributed by atoms with van der Waals surface area (Å²) in [5.74, 6) is -0.0748. The van der Waals surface area contributed by atoms with E-state index in [1.165, 1.54) is 11.3 Å². The number of hydrogen-bond donors (Lipinski definition) is 3. The molecule has 134 valence electrons. The summed E-state index contributed by atoms with van der Waals surface area (Å²) in [6.07, 6.45) is 2.39. The molecule has 0 saturated heterocycles. The van der Waals surface area contributed by atoms with Crippen LogP contribution in [0.3, 0.4) is 0 Å². The van der Waals surface area contributed by atoms with Crippen LogP contribution in [-0.4, -0.2) is 23.2 Å². The summed E-state index contributed by atoms with van der Waals surface area (Å²) in [6.45, 7) is 1.79. The van der Waals surface area contributed by atoms with Gasteiger partial charge in [0.1, 0.15) is 0 Å². The highest BCUT2D eigenvalue weighted by atomic mass is 32.2. The number of nitrogens with zero attached hydrogens (tertiary/aromatic N) is 1. The molecule has 0 unspecified atom stereocenters. The van der Waals surface area contributed by atoms with Crippen molar-refractivity contribution >= 4 is 61.8 Å². The molecular formula is C18H18N4O2S2. The van der Waals surface area contributed by atoms with E-state index < -0.39 is 0 Å². The lowest BCUT2D eigenvalue weighted by Gasteiger charge is -2.08. The van der Waals surface area contributed by atoms with Crippen LogP contribution in [0.2, 0.25) is 0 Å². The number of benzene rings is 2. The third-order valence-corrected chi connectivity index (χ3v) is 5.22. The maximum absolute atomic E-state index is 12.2. The van der Waals surface area contributed by atoms with Gasteiger partial charge in [0.25, 0.3) is 0 Å². The summed E-state index contributed by atoms with van der Waals surface area (Å²) in [5, 5.41) is 8.92. The van der Waals surface area contributed by atoms with E-state index in [1.54, 1.807) is 24.8 Å². The highest BCUT2D eigenvalue weighted by Gasteiger charge is 2.09. The van der Waals surface area contributed by atoms with Crippen LogP contribution in [0.4, 0.5) is 21.3 Å². The summed E-state index contributed by atoms with van der Waals surface area (Å²) in [4.78, 5) is 29.1. The van der Waals surface area contributed by atoms with Crippen molar-refractivity contribution in [2.45, 2.75) is 18.2 Å². The fourth-order valence-electron chi connectivity index (χ4n) is 2.26. The van der Waals surface area contributed by atoms with Crippen LogP contribution in [0.5, 0.6) is 0 Å². The van der Waals surface area contributed by atoms with E-state index in [4.69, 9.17) is 0 Å². The van der Waals surface area contributed by atoms with Gasteiger partial charge < -0.3 is 16.0 Å². The molecule has 0 aliphatic carbocycles. The average Bonchev–Trinajstić information content (AvgIpc) is 3.03. The van der Waals surface area contributed by atoms with Gasteiger partial charge in [-0.25, -0.2) is 9.78 Å². The Labute approximate surface area is 159 Å². The normalized spacial score (nSPS) is 10.5. The topological polar surface area (TPSA) is 83.1 Å². The molecule has 0 aliphatic heterocycles. The molecule has 3 rings (SSSR count). The minimum atomic E-state index is -0.322. The summed E-state index contributed by atoms with van der Waals surface area (Å²) in [5.41, 5.74) is 2.09. The van der Waals surface area contributed by atoms with E-state index in [2.05, 4.69) is 20.9 Å². The molecule has 0 aliphatic rings. The van der Waals surface area contributed by atoms with Crippen molar-refractivity contribution in [3.8, 4) is 0 Å². The zero-order chi connectivity index (χ0) is 18.5. The predicted molar refractivity (Wildman–Crippen MR) is 109 cm³/mol. The van der Waals surface area contributed by atoms with Crippen LogP contribution < -0.4 is 16.0 Å². The number of anilines is 3. The summed E-state index contributed by atoms with van der Waals surface area (Å²) in [7, 11) is 0. The van der Waals surface area contributed by atoms with Crippen LogP contribution in [0, 0.1) is 0 Å². The van der Waals surface area contributed by atoms with Gasteiger partial charge in [-0.05, 0) is 42.7 Å². The van der Waals surface area contributed by atoms with Gasteiger partial charge in [-0.1, -0.05) is 24.3 Å². The molecule has 0 radical (unpaired) electrons. The fourth-order valence-corrected chi connectivity index (χ4v) is 3.58. The zero-order valence-corrected chi connectivity index (χ0v) is 16.0. The Kier molecular flexibility index (Phi) is 5.75. The molecule has 3 aromatic rings. The molecule has 26 heavy (non-hydrogen) atoms. The molecule has 6 nitrogen and oxygen atoms in total. The Bertz CT molecular complexity index is 955. The number of rotatable bonds is 5. The molecule has 1 aromatic heterocycles. The lowest BCUT2D eigenvalue weighted by molar-refractivity contribution is -0.115. The van der Waals surface area contributed by atoms with Gasteiger partial charge in [-0.15, -0.1) is 11.8 Å². The van der Waals surface area contributed by atoms with Crippen LogP contribution in [-0.2, 0) is 4.79 Å². The Morgan fingerprint density at radius 2 is 1.85 bits per heavy atom. The van der Waals surface area contributed by atoms with Crippen molar-refractivity contribution in [1.82, 2.24) is 4.98 Å². The first-order valence-corrected chi connectivity index (χ1v) is 10.0. The molecule has 0 atom stereocenters. The van der Waals surface area contributed by atoms with E-state index in [1.807, 2.05) is 42.7 Å². The number of nitrogens with one attached hydrogen (secondary N) is 3. The number of aromatic nitrogens is 1. The molecule has 0 saturated carbocycles. The van der Waals surface area contributed by atoms with Gasteiger partial charge in [-0.2, -0.15) is 0 Å². The van der Waals surface area contributed by atoms with Gasteiger partial charge in [0.05, 0.1) is 10.2 Å². The van der Waals surface area contributed by atoms with Gasteiger partial charge in [-0.3, -0.25) is 4.79 Å². The SMILES string of the molecule is CCC(=O)Nc1nc2cc(NC(=O)Nc3cccc(SC)c3)ccc2s1. The molecule has 3 N–H and O–H groups in total. The average molecular weight is 387 g/mol. The van der Waals surface area contributed by atoms with Crippen LogP contribution in [0.15, 0.2) is 47.4 Å². The summed E-state index contributed by atoms with van der Waals surface area (Å²) < 4.78 is 0.940. The molecule has 1 heterocycles. The fraction of sp³-hybridized carbons (Fsp3) is 0.167. The Balaban J connectivity index is 1.69. The Morgan fingerprint density at radius 3 is 2.58 bits per heavy atom. The first-order chi connectivity index (χ1) is 12.6. The molecule has 0 fully saturated rings. The first kappa shape index (κ1) is 18.2. The van der Waals surface area contributed by atoms with E-state index in [0.29, 0.717) is 17.2 Å². The minimum Gasteiger partial charge on any atom is -0.308 e. The van der Waals surface area contributed by atoms with E-state index >= 15 is 0 Å². The van der Waals surface area contributed by atoms with Gasteiger partial charge >= 0.3 is 6.03 Å². The van der Waals surface area contributed by atoms with Crippen LogP contribution in [0.25, 0.3) is 10.2 Å². The van der Waals surface area contributed by atoms with Crippen molar-refractivity contribution in [2.75, 3.05) is 22.2 Å². The van der Waals surface area contributed by atoms with Crippen molar-refractivity contribution in [1.29, 1.82) is 0 Å². The smallest absolute Gasteiger partial charge is 0.308 e. The van der Waals surface area contributed by atoms with Crippen LogP contribution in [0.1, 0.15) is 13.3 Å². The van der Waals surface area contributed by atoms with Gasteiger partial charge in [0.2, 0.25) is 5.91 Å². The Hall–Kier alpha value is -2.58. The van der Waals surface area contributed by atoms with E-state index in [-0.39, 0.29) is 11.9 Å². The molecule has 0 spiro atoms. The number of thioether (sulfide) groups is 1. The Morgan fingerprint density at radius 1 is 1.08 bits per heavy atom. The number of amides is 3. The van der Waals surface area contributed by atoms with E-state index in [0.717, 1.165) is 20.8 Å². The third kappa shape index (κ3) is 4.53.